The molecule has 0 aliphatic heterocycles. The van der Waals surface area contributed by atoms with Crippen LogP contribution in [-0.2, 0) is 6.54 Å². The highest BCUT2D eigenvalue weighted by Gasteiger charge is 2.11. The zero-order chi connectivity index (χ0) is 13.8. The van der Waals surface area contributed by atoms with Gasteiger partial charge in [0, 0.05) is 18.7 Å². The molecule has 1 aromatic heterocycles. The number of hydrogen-bond acceptors (Lipinski definition) is 5. The Balaban J connectivity index is 2.26. The van der Waals surface area contributed by atoms with Crippen molar-refractivity contribution in [2.75, 3.05) is 6.54 Å². The SMILES string of the molecule is CCNCc1cn(-c2ccc([N+](=O)[O-])cc2Br)nn1. The van der Waals surface area contributed by atoms with Crippen LogP contribution in [0.3, 0.4) is 0 Å². The number of aromatic nitrogens is 3. The molecule has 0 unspecified atom stereocenters. The number of hydrogen-bond donors (Lipinski definition) is 1. The number of nitrogens with one attached hydrogen (secondary N) is 1. The van der Waals surface area contributed by atoms with Crippen molar-refractivity contribution in [1.82, 2.24) is 20.3 Å². The molecule has 7 nitrogen and oxygen atoms in total. The Kier molecular flexibility index (Phi) is 4.23. The number of nitrogens with zero attached hydrogens (tertiary/aromatic N) is 4. The Labute approximate surface area is 117 Å². The summed E-state index contributed by atoms with van der Waals surface area (Å²) in [6.45, 7) is 3.51. The quantitative estimate of drug-likeness (QED) is 0.671. The fraction of sp³-hybridized carbons (Fsp3) is 0.273. The molecule has 100 valence electrons. The van der Waals surface area contributed by atoms with Crippen molar-refractivity contribution in [3.8, 4) is 5.69 Å². The van der Waals surface area contributed by atoms with E-state index >= 15 is 0 Å². The zero-order valence-corrected chi connectivity index (χ0v) is 11.8. The van der Waals surface area contributed by atoms with Crippen LogP contribution in [0.2, 0.25) is 0 Å². The summed E-state index contributed by atoms with van der Waals surface area (Å²) in [4.78, 5) is 10.2. The molecule has 1 heterocycles. The van der Waals surface area contributed by atoms with Gasteiger partial charge in [-0.15, -0.1) is 5.10 Å². The molecule has 0 spiro atoms. The molecule has 0 fully saturated rings. The van der Waals surface area contributed by atoms with E-state index in [2.05, 4.69) is 31.6 Å². The van der Waals surface area contributed by atoms with Crippen LogP contribution in [0.5, 0.6) is 0 Å². The zero-order valence-electron chi connectivity index (χ0n) is 10.2. The molecular formula is C11H12BrN5O2. The van der Waals surface area contributed by atoms with E-state index in [4.69, 9.17) is 0 Å². The van der Waals surface area contributed by atoms with Crippen molar-refractivity contribution in [2.24, 2.45) is 0 Å². The van der Waals surface area contributed by atoms with Gasteiger partial charge in [-0.2, -0.15) is 0 Å². The molecule has 0 radical (unpaired) electrons. The summed E-state index contributed by atoms with van der Waals surface area (Å²) in [5.41, 5.74) is 1.55. The van der Waals surface area contributed by atoms with Crippen LogP contribution in [0.1, 0.15) is 12.6 Å². The largest absolute Gasteiger partial charge is 0.311 e. The van der Waals surface area contributed by atoms with Crippen LogP contribution in [-0.4, -0.2) is 26.5 Å². The number of benzene rings is 1. The summed E-state index contributed by atoms with van der Waals surface area (Å²) >= 11 is 3.31. The third-order valence-electron chi connectivity index (χ3n) is 2.49. The lowest BCUT2D eigenvalue weighted by atomic mass is 10.3. The van der Waals surface area contributed by atoms with E-state index < -0.39 is 4.92 Å². The minimum atomic E-state index is -0.438. The second kappa shape index (κ2) is 5.89. The first-order valence-corrected chi connectivity index (χ1v) is 6.47. The van der Waals surface area contributed by atoms with Gasteiger partial charge in [-0.1, -0.05) is 12.1 Å². The maximum Gasteiger partial charge on any atom is 0.270 e. The van der Waals surface area contributed by atoms with Crippen LogP contribution in [0.25, 0.3) is 5.69 Å². The number of halogens is 1. The lowest BCUT2D eigenvalue weighted by Gasteiger charge is -2.02. The molecule has 0 saturated carbocycles. The smallest absolute Gasteiger partial charge is 0.270 e. The fourth-order valence-electron chi connectivity index (χ4n) is 1.55. The normalized spacial score (nSPS) is 10.6. The van der Waals surface area contributed by atoms with E-state index in [-0.39, 0.29) is 5.69 Å². The van der Waals surface area contributed by atoms with Crippen LogP contribution in [0.4, 0.5) is 5.69 Å². The Morgan fingerprint density at radius 2 is 2.32 bits per heavy atom. The van der Waals surface area contributed by atoms with Gasteiger partial charge in [-0.05, 0) is 28.5 Å². The van der Waals surface area contributed by atoms with Crippen LogP contribution in [0, 0.1) is 10.1 Å². The molecule has 0 atom stereocenters. The molecule has 0 aliphatic carbocycles. The van der Waals surface area contributed by atoms with Crippen LogP contribution in [0.15, 0.2) is 28.9 Å². The van der Waals surface area contributed by atoms with Crippen molar-refractivity contribution in [3.05, 3.63) is 44.7 Å². The van der Waals surface area contributed by atoms with Gasteiger partial charge in [0.1, 0.15) is 0 Å². The van der Waals surface area contributed by atoms with E-state index in [1.165, 1.54) is 12.1 Å². The molecule has 19 heavy (non-hydrogen) atoms. The van der Waals surface area contributed by atoms with E-state index in [0.717, 1.165) is 12.2 Å². The Morgan fingerprint density at radius 3 is 2.95 bits per heavy atom. The lowest BCUT2D eigenvalue weighted by Crippen LogP contribution is -2.11. The van der Waals surface area contributed by atoms with Crippen molar-refractivity contribution in [2.45, 2.75) is 13.5 Å². The van der Waals surface area contributed by atoms with Crippen molar-refractivity contribution in [3.63, 3.8) is 0 Å². The monoisotopic (exact) mass is 325 g/mol. The molecule has 1 N–H and O–H groups in total. The number of nitro benzene ring substituents is 1. The summed E-state index contributed by atoms with van der Waals surface area (Å²) in [5, 5.41) is 21.8. The Morgan fingerprint density at radius 1 is 1.53 bits per heavy atom. The van der Waals surface area contributed by atoms with Crippen molar-refractivity contribution >= 4 is 21.6 Å². The molecule has 2 rings (SSSR count). The van der Waals surface area contributed by atoms with Gasteiger partial charge in [-0.25, -0.2) is 4.68 Å². The second-order valence-corrected chi connectivity index (χ2v) is 4.68. The maximum atomic E-state index is 10.7. The molecule has 0 aliphatic rings. The molecule has 2 aromatic rings. The lowest BCUT2D eigenvalue weighted by molar-refractivity contribution is -0.384. The Bertz CT molecular complexity index is 599. The maximum absolute atomic E-state index is 10.7. The van der Waals surface area contributed by atoms with Crippen molar-refractivity contribution in [1.29, 1.82) is 0 Å². The first-order chi connectivity index (χ1) is 9.11. The van der Waals surface area contributed by atoms with Gasteiger partial charge in [0.15, 0.2) is 0 Å². The summed E-state index contributed by atoms with van der Waals surface area (Å²) in [7, 11) is 0. The van der Waals surface area contributed by atoms with E-state index in [9.17, 15) is 10.1 Å². The van der Waals surface area contributed by atoms with Gasteiger partial charge in [0.2, 0.25) is 0 Å². The summed E-state index contributed by atoms with van der Waals surface area (Å²) < 4.78 is 2.18. The molecule has 0 bridgehead atoms. The van der Waals surface area contributed by atoms with Gasteiger partial charge >= 0.3 is 0 Å². The van der Waals surface area contributed by atoms with Gasteiger partial charge in [-0.3, -0.25) is 10.1 Å². The molecule has 8 heteroatoms. The highest BCUT2D eigenvalue weighted by Crippen LogP contribution is 2.25. The minimum Gasteiger partial charge on any atom is -0.311 e. The highest BCUT2D eigenvalue weighted by atomic mass is 79.9. The predicted octanol–water partition coefficient (Wildman–Crippen LogP) is 2.05. The third kappa shape index (κ3) is 3.15. The second-order valence-electron chi connectivity index (χ2n) is 3.83. The number of non-ortho nitro benzene ring substituents is 1. The molecule has 0 amide bonds. The Hall–Kier alpha value is -1.80. The standard InChI is InChI=1S/C11H12BrN5O2/c1-2-13-6-8-7-16(15-14-8)11-4-3-9(17(18)19)5-10(11)12/h3-5,7,13H,2,6H2,1H3. The number of nitro groups is 1. The first-order valence-electron chi connectivity index (χ1n) is 5.68. The van der Waals surface area contributed by atoms with Gasteiger partial charge in [0.25, 0.3) is 5.69 Å². The van der Waals surface area contributed by atoms with Crippen LogP contribution >= 0.6 is 15.9 Å². The predicted molar refractivity (Wildman–Crippen MR) is 73.1 cm³/mol. The topological polar surface area (TPSA) is 85.9 Å². The molecular weight excluding hydrogens is 314 g/mol. The molecule has 0 saturated heterocycles. The van der Waals surface area contributed by atoms with Crippen molar-refractivity contribution < 1.29 is 4.92 Å². The summed E-state index contributed by atoms with van der Waals surface area (Å²) in [5.74, 6) is 0. The average Bonchev–Trinajstić information content (AvgIpc) is 2.84. The highest BCUT2D eigenvalue weighted by molar-refractivity contribution is 9.10. The van der Waals surface area contributed by atoms with E-state index in [1.54, 1.807) is 16.9 Å². The van der Waals surface area contributed by atoms with Gasteiger partial charge in [0.05, 0.1) is 27.0 Å². The minimum absolute atomic E-state index is 0.0311. The van der Waals surface area contributed by atoms with E-state index in [1.807, 2.05) is 6.92 Å². The average molecular weight is 326 g/mol. The van der Waals surface area contributed by atoms with Gasteiger partial charge < -0.3 is 5.32 Å². The number of rotatable bonds is 5. The summed E-state index contributed by atoms with van der Waals surface area (Å²) in [6, 6.07) is 4.51. The molecule has 1 aromatic carbocycles. The van der Waals surface area contributed by atoms with E-state index in [0.29, 0.717) is 16.7 Å². The first kappa shape index (κ1) is 13.6. The third-order valence-corrected chi connectivity index (χ3v) is 3.12. The van der Waals surface area contributed by atoms with Crippen LogP contribution < -0.4 is 5.32 Å². The summed E-state index contributed by atoms with van der Waals surface area (Å²) in [6.07, 6.45) is 1.79. The fourth-order valence-corrected chi connectivity index (χ4v) is 2.09.